The van der Waals surface area contributed by atoms with Crippen LogP contribution in [0.25, 0.3) is 0 Å². The normalized spacial score (nSPS) is 11.7. The van der Waals surface area contributed by atoms with E-state index in [1.165, 1.54) is 0 Å². The van der Waals surface area contributed by atoms with Gasteiger partial charge in [0.2, 0.25) is 10.0 Å². The number of hydrogen-bond donors (Lipinski definition) is 2. The summed E-state index contributed by atoms with van der Waals surface area (Å²) >= 11 is 5.65. The number of aryl methyl sites for hydroxylation is 2. The first kappa shape index (κ1) is 16.0. The summed E-state index contributed by atoms with van der Waals surface area (Å²) in [6.45, 7) is 0.381. The molecule has 0 aliphatic rings. The fraction of sp³-hybridized carbons (Fsp3) is 0.357. The van der Waals surface area contributed by atoms with Gasteiger partial charge in [0, 0.05) is 31.2 Å². The maximum Gasteiger partial charge on any atom is 0.240 e. The molecule has 21 heavy (non-hydrogen) atoms. The fourth-order valence-electron chi connectivity index (χ4n) is 1.92. The minimum atomic E-state index is -3.45. The van der Waals surface area contributed by atoms with E-state index in [1.54, 1.807) is 36.7 Å². The quantitative estimate of drug-likeness (QED) is 0.576. The van der Waals surface area contributed by atoms with Crippen LogP contribution in [0, 0.1) is 0 Å². The van der Waals surface area contributed by atoms with Gasteiger partial charge >= 0.3 is 0 Å². The lowest BCUT2D eigenvalue weighted by Crippen LogP contribution is -2.25. The molecule has 1 heterocycles. The van der Waals surface area contributed by atoms with E-state index in [9.17, 15) is 8.42 Å². The zero-order chi connectivity index (χ0) is 15.1. The second-order valence-corrected chi connectivity index (χ2v) is 6.77. The van der Waals surface area contributed by atoms with E-state index in [-0.39, 0.29) is 4.90 Å². The Morgan fingerprint density at radius 3 is 2.57 bits per heavy atom. The van der Waals surface area contributed by atoms with Crippen LogP contribution in [-0.2, 0) is 22.9 Å². The number of sulfonamides is 1. The molecule has 0 saturated carbocycles. The van der Waals surface area contributed by atoms with E-state index in [4.69, 9.17) is 11.6 Å². The SMILES string of the molecule is O=S(=O)(NCCCc1ncc[nH]1)c1ccc(CCCl)cc1. The van der Waals surface area contributed by atoms with Gasteiger partial charge < -0.3 is 4.98 Å². The highest BCUT2D eigenvalue weighted by atomic mass is 35.5. The molecule has 2 rings (SSSR count). The zero-order valence-electron chi connectivity index (χ0n) is 11.5. The lowest BCUT2D eigenvalue weighted by Gasteiger charge is -2.07. The number of imidazole rings is 1. The van der Waals surface area contributed by atoms with E-state index >= 15 is 0 Å². The Morgan fingerprint density at radius 2 is 1.95 bits per heavy atom. The largest absolute Gasteiger partial charge is 0.349 e. The minimum Gasteiger partial charge on any atom is -0.349 e. The number of rotatable bonds is 8. The van der Waals surface area contributed by atoms with Crippen LogP contribution in [-0.4, -0.2) is 30.8 Å². The molecule has 2 N–H and O–H groups in total. The van der Waals surface area contributed by atoms with Gasteiger partial charge in [-0.2, -0.15) is 0 Å². The fourth-order valence-corrected chi connectivity index (χ4v) is 3.22. The van der Waals surface area contributed by atoms with Crippen molar-refractivity contribution in [2.75, 3.05) is 12.4 Å². The number of aromatic amines is 1. The van der Waals surface area contributed by atoms with Gasteiger partial charge in [-0.1, -0.05) is 12.1 Å². The number of nitrogens with one attached hydrogen (secondary N) is 2. The number of halogens is 1. The Hall–Kier alpha value is -1.37. The smallest absolute Gasteiger partial charge is 0.240 e. The Kier molecular flexibility index (Phi) is 5.78. The van der Waals surface area contributed by atoms with Crippen LogP contribution in [0.3, 0.4) is 0 Å². The second-order valence-electron chi connectivity index (χ2n) is 4.62. The molecule has 0 amide bonds. The standard InChI is InChI=1S/C14H18ClN3O2S/c15-8-7-12-3-5-13(6-4-12)21(19,20)18-9-1-2-14-16-10-11-17-14/h3-6,10-11,18H,1-2,7-9H2,(H,16,17). The van der Waals surface area contributed by atoms with Gasteiger partial charge in [-0.3, -0.25) is 0 Å². The molecule has 1 aromatic carbocycles. The number of aromatic nitrogens is 2. The number of alkyl halides is 1. The number of benzene rings is 1. The van der Waals surface area contributed by atoms with Crippen molar-refractivity contribution in [2.45, 2.75) is 24.2 Å². The van der Waals surface area contributed by atoms with Crippen LogP contribution in [0.5, 0.6) is 0 Å². The molecule has 0 aliphatic heterocycles. The third-order valence-corrected chi connectivity index (χ3v) is 4.72. The zero-order valence-corrected chi connectivity index (χ0v) is 13.1. The molecule has 0 atom stereocenters. The molecular weight excluding hydrogens is 310 g/mol. The van der Waals surface area contributed by atoms with Gasteiger partial charge in [-0.05, 0) is 30.5 Å². The highest BCUT2D eigenvalue weighted by molar-refractivity contribution is 7.89. The summed E-state index contributed by atoms with van der Waals surface area (Å²) < 4.78 is 26.8. The summed E-state index contributed by atoms with van der Waals surface area (Å²) in [4.78, 5) is 7.35. The Balaban J connectivity index is 1.85. The molecule has 7 heteroatoms. The molecule has 114 valence electrons. The minimum absolute atomic E-state index is 0.277. The lowest BCUT2D eigenvalue weighted by atomic mass is 10.2. The van der Waals surface area contributed by atoms with Crippen LogP contribution in [0.4, 0.5) is 0 Å². The first-order valence-corrected chi connectivity index (χ1v) is 8.76. The first-order chi connectivity index (χ1) is 10.1. The lowest BCUT2D eigenvalue weighted by molar-refractivity contribution is 0.578. The average molecular weight is 328 g/mol. The monoisotopic (exact) mass is 327 g/mol. The number of hydrogen-bond acceptors (Lipinski definition) is 3. The Labute approximate surface area is 129 Å². The van der Waals surface area contributed by atoms with Crippen molar-refractivity contribution >= 4 is 21.6 Å². The van der Waals surface area contributed by atoms with Crippen LogP contribution < -0.4 is 4.72 Å². The molecule has 0 saturated heterocycles. The third-order valence-electron chi connectivity index (χ3n) is 3.05. The summed E-state index contributed by atoms with van der Waals surface area (Å²) in [5, 5.41) is 0. The Bertz CT molecular complexity index is 639. The molecule has 1 aromatic heterocycles. The van der Waals surface area contributed by atoms with Gasteiger partial charge in [-0.25, -0.2) is 18.1 Å². The average Bonchev–Trinajstić information content (AvgIpc) is 2.98. The van der Waals surface area contributed by atoms with E-state index in [0.29, 0.717) is 25.3 Å². The van der Waals surface area contributed by atoms with Crippen LogP contribution >= 0.6 is 11.6 Å². The first-order valence-electron chi connectivity index (χ1n) is 6.74. The van der Waals surface area contributed by atoms with E-state index < -0.39 is 10.0 Å². The highest BCUT2D eigenvalue weighted by Crippen LogP contribution is 2.11. The molecule has 0 aliphatic carbocycles. The summed E-state index contributed by atoms with van der Waals surface area (Å²) in [7, 11) is -3.45. The van der Waals surface area contributed by atoms with Crippen molar-refractivity contribution < 1.29 is 8.42 Å². The van der Waals surface area contributed by atoms with E-state index in [1.807, 2.05) is 0 Å². The molecule has 0 fully saturated rings. The molecule has 2 aromatic rings. The van der Waals surface area contributed by atoms with Gasteiger partial charge in [0.1, 0.15) is 5.82 Å². The third kappa shape index (κ3) is 4.84. The molecule has 0 spiro atoms. The predicted octanol–water partition coefficient (Wildman–Crippen LogP) is 2.10. The second kappa shape index (κ2) is 7.59. The van der Waals surface area contributed by atoms with E-state index in [2.05, 4.69) is 14.7 Å². The summed E-state index contributed by atoms with van der Waals surface area (Å²) in [5.41, 5.74) is 1.03. The summed E-state index contributed by atoms with van der Waals surface area (Å²) in [5.74, 6) is 1.39. The molecule has 0 radical (unpaired) electrons. The van der Waals surface area contributed by atoms with Crippen LogP contribution in [0.2, 0.25) is 0 Å². The Morgan fingerprint density at radius 1 is 1.19 bits per heavy atom. The van der Waals surface area contributed by atoms with Crippen molar-refractivity contribution in [1.29, 1.82) is 0 Å². The van der Waals surface area contributed by atoms with Crippen molar-refractivity contribution in [2.24, 2.45) is 0 Å². The molecule has 0 bridgehead atoms. The predicted molar refractivity (Wildman–Crippen MR) is 83.0 cm³/mol. The highest BCUT2D eigenvalue weighted by Gasteiger charge is 2.12. The van der Waals surface area contributed by atoms with E-state index in [0.717, 1.165) is 17.8 Å². The van der Waals surface area contributed by atoms with Crippen molar-refractivity contribution in [1.82, 2.24) is 14.7 Å². The summed E-state index contributed by atoms with van der Waals surface area (Å²) in [6, 6.07) is 6.80. The summed E-state index contributed by atoms with van der Waals surface area (Å²) in [6.07, 6.45) is 5.57. The van der Waals surface area contributed by atoms with Gasteiger partial charge in [0.25, 0.3) is 0 Å². The number of H-pyrrole nitrogens is 1. The van der Waals surface area contributed by atoms with Gasteiger partial charge in [-0.15, -0.1) is 11.6 Å². The molecule has 5 nitrogen and oxygen atoms in total. The number of nitrogens with zero attached hydrogens (tertiary/aromatic N) is 1. The van der Waals surface area contributed by atoms with Gasteiger partial charge in [0.05, 0.1) is 4.90 Å². The van der Waals surface area contributed by atoms with Crippen molar-refractivity contribution in [3.8, 4) is 0 Å². The maximum atomic E-state index is 12.1. The molecular formula is C14H18ClN3O2S. The maximum absolute atomic E-state index is 12.1. The van der Waals surface area contributed by atoms with Crippen LogP contribution in [0.15, 0.2) is 41.6 Å². The van der Waals surface area contributed by atoms with Gasteiger partial charge in [0.15, 0.2) is 0 Å². The van der Waals surface area contributed by atoms with Crippen molar-refractivity contribution in [3.63, 3.8) is 0 Å². The molecule has 0 unspecified atom stereocenters. The topological polar surface area (TPSA) is 74.8 Å². The van der Waals surface area contributed by atoms with Crippen LogP contribution in [0.1, 0.15) is 17.8 Å². The van der Waals surface area contributed by atoms with Crippen molar-refractivity contribution in [3.05, 3.63) is 48.0 Å².